The van der Waals surface area contributed by atoms with Crippen LogP contribution in [0.5, 0.6) is 0 Å². The van der Waals surface area contributed by atoms with Crippen molar-refractivity contribution in [3.05, 3.63) is 0 Å². The fourth-order valence-corrected chi connectivity index (χ4v) is 3.61. The molecule has 1 aliphatic heterocycles. The molecule has 1 saturated heterocycles. The number of nitrogens with zero attached hydrogens (tertiary/aromatic N) is 1. The van der Waals surface area contributed by atoms with Crippen molar-refractivity contribution in [1.29, 1.82) is 0 Å². The lowest BCUT2D eigenvalue weighted by Gasteiger charge is -2.48. The van der Waals surface area contributed by atoms with E-state index in [0.29, 0.717) is 0 Å². The van der Waals surface area contributed by atoms with Gasteiger partial charge in [0.1, 0.15) is 0 Å². The molecule has 0 amide bonds. The van der Waals surface area contributed by atoms with Gasteiger partial charge in [0.25, 0.3) is 0 Å². The summed E-state index contributed by atoms with van der Waals surface area (Å²) in [6.45, 7) is 6.85. The Bertz CT molecular complexity index is 235. The standard InChI is InChI=1S/C15H30N2/c1-3-6-14-7-4-5-10-17(14)15(2,12-16)11-13-8-9-13/h13-14H,3-12,16H2,1-2H3. The van der Waals surface area contributed by atoms with Crippen molar-refractivity contribution in [3.8, 4) is 0 Å². The van der Waals surface area contributed by atoms with Crippen molar-refractivity contribution in [2.75, 3.05) is 13.1 Å². The minimum atomic E-state index is 0.279. The largest absolute Gasteiger partial charge is 0.329 e. The molecule has 0 aromatic rings. The van der Waals surface area contributed by atoms with Crippen LogP contribution in [0, 0.1) is 5.92 Å². The van der Waals surface area contributed by atoms with E-state index in [1.165, 1.54) is 57.9 Å². The van der Waals surface area contributed by atoms with Crippen molar-refractivity contribution in [2.45, 2.75) is 76.8 Å². The number of piperidine rings is 1. The van der Waals surface area contributed by atoms with Crippen LogP contribution >= 0.6 is 0 Å². The Labute approximate surface area is 107 Å². The fraction of sp³-hybridized carbons (Fsp3) is 1.00. The summed E-state index contributed by atoms with van der Waals surface area (Å²) in [7, 11) is 0. The van der Waals surface area contributed by atoms with E-state index in [1.807, 2.05) is 0 Å². The average Bonchev–Trinajstić information content (AvgIpc) is 3.14. The quantitative estimate of drug-likeness (QED) is 0.770. The van der Waals surface area contributed by atoms with Crippen molar-refractivity contribution >= 4 is 0 Å². The molecular formula is C15H30N2. The van der Waals surface area contributed by atoms with Gasteiger partial charge in [0, 0.05) is 18.1 Å². The first-order valence-electron chi connectivity index (χ1n) is 7.66. The van der Waals surface area contributed by atoms with Crippen LogP contribution in [0.4, 0.5) is 0 Å². The first-order valence-corrected chi connectivity index (χ1v) is 7.66. The van der Waals surface area contributed by atoms with Gasteiger partial charge in [-0.3, -0.25) is 4.90 Å². The molecule has 2 rings (SSSR count). The van der Waals surface area contributed by atoms with Crippen molar-refractivity contribution in [2.24, 2.45) is 11.7 Å². The first-order chi connectivity index (χ1) is 8.19. The zero-order valence-electron chi connectivity index (χ0n) is 11.8. The molecule has 2 aliphatic rings. The normalized spacial score (nSPS) is 30.2. The summed E-state index contributed by atoms with van der Waals surface area (Å²) < 4.78 is 0. The molecule has 2 nitrogen and oxygen atoms in total. The van der Waals surface area contributed by atoms with Gasteiger partial charge in [0.15, 0.2) is 0 Å². The monoisotopic (exact) mass is 238 g/mol. The highest BCUT2D eigenvalue weighted by Crippen LogP contribution is 2.40. The Morgan fingerprint density at radius 2 is 2.00 bits per heavy atom. The van der Waals surface area contributed by atoms with Crippen LogP contribution in [-0.2, 0) is 0 Å². The number of likely N-dealkylation sites (tertiary alicyclic amines) is 1. The molecule has 0 aromatic heterocycles. The number of rotatable bonds is 6. The van der Waals surface area contributed by atoms with Gasteiger partial charge >= 0.3 is 0 Å². The maximum atomic E-state index is 6.13. The summed E-state index contributed by atoms with van der Waals surface area (Å²) >= 11 is 0. The van der Waals surface area contributed by atoms with E-state index in [2.05, 4.69) is 18.7 Å². The third-order valence-electron chi connectivity index (χ3n) is 4.81. The van der Waals surface area contributed by atoms with Crippen molar-refractivity contribution in [3.63, 3.8) is 0 Å². The zero-order chi connectivity index (χ0) is 12.3. The maximum absolute atomic E-state index is 6.13. The van der Waals surface area contributed by atoms with Crippen LogP contribution in [0.25, 0.3) is 0 Å². The molecule has 17 heavy (non-hydrogen) atoms. The molecule has 2 atom stereocenters. The number of hydrogen-bond acceptors (Lipinski definition) is 2. The second-order valence-electron chi connectivity index (χ2n) is 6.48. The highest BCUT2D eigenvalue weighted by Gasteiger charge is 2.40. The van der Waals surface area contributed by atoms with Gasteiger partial charge in [-0.1, -0.05) is 32.6 Å². The molecule has 0 aromatic carbocycles. The van der Waals surface area contributed by atoms with Gasteiger partial charge in [0.2, 0.25) is 0 Å². The van der Waals surface area contributed by atoms with E-state index in [0.717, 1.165) is 18.5 Å². The van der Waals surface area contributed by atoms with Gasteiger partial charge in [-0.15, -0.1) is 0 Å². The van der Waals surface area contributed by atoms with Gasteiger partial charge in [0.05, 0.1) is 0 Å². The Kier molecular flexibility index (Phi) is 4.48. The van der Waals surface area contributed by atoms with Gasteiger partial charge in [-0.25, -0.2) is 0 Å². The predicted molar refractivity (Wildman–Crippen MR) is 74.1 cm³/mol. The van der Waals surface area contributed by atoms with Crippen LogP contribution in [0.15, 0.2) is 0 Å². The third-order valence-corrected chi connectivity index (χ3v) is 4.81. The number of nitrogens with two attached hydrogens (primary N) is 1. The van der Waals surface area contributed by atoms with E-state index in [-0.39, 0.29) is 5.54 Å². The smallest absolute Gasteiger partial charge is 0.0309 e. The van der Waals surface area contributed by atoms with Crippen molar-refractivity contribution in [1.82, 2.24) is 4.90 Å². The molecule has 0 spiro atoms. The second-order valence-corrected chi connectivity index (χ2v) is 6.48. The van der Waals surface area contributed by atoms with E-state index >= 15 is 0 Å². The highest BCUT2D eigenvalue weighted by atomic mass is 15.2. The summed E-state index contributed by atoms with van der Waals surface area (Å²) in [5.41, 5.74) is 6.41. The van der Waals surface area contributed by atoms with Crippen LogP contribution < -0.4 is 5.73 Å². The maximum Gasteiger partial charge on any atom is 0.0309 e. The molecule has 1 heterocycles. The minimum absolute atomic E-state index is 0.279. The van der Waals surface area contributed by atoms with Gasteiger partial charge in [-0.2, -0.15) is 0 Å². The minimum Gasteiger partial charge on any atom is -0.329 e. The predicted octanol–water partition coefficient (Wildman–Crippen LogP) is 3.16. The highest BCUT2D eigenvalue weighted by molar-refractivity contribution is 4.96. The Morgan fingerprint density at radius 3 is 2.59 bits per heavy atom. The Morgan fingerprint density at radius 1 is 1.24 bits per heavy atom. The zero-order valence-corrected chi connectivity index (χ0v) is 11.8. The second kappa shape index (κ2) is 5.71. The average molecular weight is 238 g/mol. The molecule has 2 heteroatoms. The van der Waals surface area contributed by atoms with Crippen molar-refractivity contribution < 1.29 is 0 Å². The van der Waals surface area contributed by atoms with E-state index in [4.69, 9.17) is 5.73 Å². The van der Waals surface area contributed by atoms with Crippen LogP contribution in [0.3, 0.4) is 0 Å². The molecule has 2 unspecified atom stereocenters. The van der Waals surface area contributed by atoms with E-state index < -0.39 is 0 Å². The van der Waals surface area contributed by atoms with Gasteiger partial charge < -0.3 is 5.73 Å². The lowest BCUT2D eigenvalue weighted by molar-refractivity contribution is 0.0202. The lowest BCUT2D eigenvalue weighted by Crippen LogP contribution is -2.57. The molecule has 0 radical (unpaired) electrons. The first kappa shape index (κ1) is 13.4. The molecule has 0 bridgehead atoms. The summed E-state index contributed by atoms with van der Waals surface area (Å²) in [5, 5.41) is 0. The Balaban J connectivity index is 2.02. The van der Waals surface area contributed by atoms with Crippen LogP contribution in [0.2, 0.25) is 0 Å². The molecular weight excluding hydrogens is 208 g/mol. The SMILES string of the molecule is CCCC1CCCCN1C(C)(CN)CC1CC1. The summed E-state index contributed by atoms with van der Waals surface area (Å²) in [6, 6.07) is 0.807. The molecule has 1 saturated carbocycles. The van der Waals surface area contributed by atoms with Crippen LogP contribution in [-0.4, -0.2) is 29.6 Å². The molecule has 2 N–H and O–H groups in total. The molecule has 100 valence electrons. The van der Waals surface area contributed by atoms with E-state index in [1.54, 1.807) is 0 Å². The molecule has 2 fully saturated rings. The summed E-state index contributed by atoms with van der Waals surface area (Å²) in [6.07, 6.45) is 11.1. The fourth-order valence-electron chi connectivity index (χ4n) is 3.61. The molecule has 1 aliphatic carbocycles. The van der Waals surface area contributed by atoms with Crippen LogP contribution in [0.1, 0.15) is 65.2 Å². The Hall–Kier alpha value is -0.0800. The lowest BCUT2D eigenvalue weighted by atomic mass is 9.86. The number of hydrogen-bond donors (Lipinski definition) is 1. The summed E-state index contributed by atoms with van der Waals surface area (Å²) in [5.74, 6) is 0.979. The summed E-state index contributed by atoms with van der Waals surface area (Å²) in [4.78, 5) is 2.78. The van der Waals surface area contributed by atoms with Gasteiger partial charge in [-0.05, 0) is 45.1 Å². The third kappa shape index (κ3) is 3.23. The van der Waals surface area contributed by atoms with E-state index in [9.17, 15) is 0 Å². The topological polar surface area (TPSA) is 29.3 Å².